The minimum Gasteiger partial charge on any atom is -0.342 e. The van der Waals surface area contributed by atoms with Crippen LogP contribution in [0.2, 0.25) is 0 Å². The summed E-state index contributed by atoms with van der Waals surface area (Å²) in [4.78, 5) is 31.2. The van der Waals surface area contributed by atoms with Crippen LogP contribution in [0.25, 0.3) is 10.9 Å². The van der Waals surface area contributed by atoms with Gasteiger partial charge in [0, 0.05) is 32.1 Å². The van der Waals surface area contributed by atoms with E-state index in [9.17, 15) is 9.59 Å². The maximum Gasteiger partial charge on any atom is 0.261 e. The molecule has 22 heavy (non-hydrogen) atoms. The Bertz CT molecular complexity index is 779. The van der Waals surface area contributed by atoms with E-state index in [0.717, 1.165) is 44.6 Å². The maximum absolute atomic E-state index is 12.5. The zero-order valence-electron chi connectivity index (χ0n) is 13.1. The first-order chi connectivity index (χ1) is 10.6. The van der Waals surface area contributed by atoms with E-state index in [1.54, 1.807) is 34.7 Å². The van der Waals surface area contributed by atoms with Gasteiger partial charge in [0.2, 0.25) is 0 Å². The highest BCUT2D eigenvalue weighted by molar-refractivity contribution is 5.97. The van der Waals surface area contributed by atoms with Gasteiger partial charge in [0.1, 0.15) is 5.82 Å². The number of hydrogen-bond donors (Lipinski definition) is 0. The van der Waals surface area contributed by atoms with Crippen molar-refractivity contribution < 1.29 is 4.79 Å². The fourth-order valence-corrected chi connectivity index (χ4v) is 3.03. The van der Waals surface area contributed by atoms with Crippen molar-refractivity contribution in [3.63, 3.8) is 0 Å². The van der Waals surface area contributed by atoms with E-state index in [1.165, 1.54) is 0 Å². The lowest BCUT2D eigenvalue weighted by atomic mass is 10.1. The molecular formula is C17H21N3O2. The van der Waals surface area contributed by atoms with Gasteiger partial charge in [0.05, 0.1) is 10.9 Å². The average molecular weight is 299 g/mol. The smallest absolute Gasteiger partial charge is 0.261 e. The van der Waals surface area contributed by atoms with Gasteiger partial charge in [0.25, 0.3) is 11.5 Å². The lowest BCUT2D eigenvalue weighted by molar-refractivity contribution is 0.0795. The molecule has 0 spiro atoms. The summed E-state index contributed by atoms with van der Waals surface area (Å²) in [5.74, 6) is 0.818. The quantitative estimate of drug-likeness (QED) is 0.873. The van der Waals surface area contributed by atoms with Crippen LogP contribution in [-0.2, 0) is 13.0 Å². The molecule has 5 nitrogen and oxygen atoms in total. The fraction of sp³-hybridized carbons (Fsp3) is 0.471. The van der Waals surface area contributed by atoms with Gasteiger partial charge in [-0.1, -0.05) is 6.92 Å². The minimum absolute atomic E-state index is 0.0145. The molecule has 0 atom stereocenters. The van der Waals surface area contributed by atoms with E-state index >= 15 is 0 Å². The van der Waals surface area contributed by atoms with Crippen LogP contribution < -0.4 is 5.56 Å². The first-order valence-corrected chi connectivity index (χ1v) is 7.90. The molecule has 1 aliphatic heterocycles. The molecule has 5 heteroatoms. The van der Waals surface area contributed by atoms with Crippen LogP contribution in [0.15, 0.2) is 23.0 Å². The third-order valence-corrected chi connectivity index (χ3v) is 4.22. The fourth-order valence-electron chi connectivity index (χ4n) is 3.03. The van der Waals surface area contributed by atoms with Crippen molar-refractivity contribution in [1.29, 1.82) is 0 Å². The third kappa shape index (κ3) is 2.51. The number of fused-ring (bicyclic) bond motifs is 2. The second-order valence-electron chi connectivity index (χ2n) is 5.90. The van der Waals surface area contributed by atoms with Crippen molar-refractivity contribution in [2.45, 2.75) is 39.2 Å². The van der Waals surface area contributed by atoms with E-state index in [4.69, 9.17) is 0 Å². The van der Waals surface area contributed by atoms with Crippen LogP contribution in [0.5, 0.6) is 0 Å². The van der Waals surface area contributed by atoms with Gasteiger partial charge in [-0.15, -0.1) is 0 Å². The molecule has 0 unspecified atom stereocenters. The average Bonchev–Trinajstić information content (AvgIpc) is 2.54. The standard InChI is InChI=1S/C17H21N3O2/c1-3-9-19(2)16(21)12-7-8-13-14(11-12)18-15-6-4-5-10-20(15)17(13)22/h7-8,11H,3-6,9-10H2,1-2H3. The van der Waals surface area contributed by atoms with Gasteiger partial charge in [0.15, 0.2) is 0 Å². The summed E-state index contributed by atoms with van der Waals surface area (Å²) >= 11 is 0. The molecule has 1 aliphatic rings. The molecule has 2 heterocycles. The topological polar surface area (TPSA) is 55.2 Å². The predicted molar refractivity (Wildman–Crippen MR) is 86.2 cm³/mol. The second-order valence-corrected chi connectivity index (χ2v) is 5.90. The van der Waals surface area contributed by atoms with Gasteiger partial charge in [-0.3, -0.25) is 14.2 Å². The van der Waals surface area contributed by atoms with Crippen LogP contribution >= 0.6 is 0 Å². The van der Waals surface area contributed by atoms with Gasteiger partial charge in [-0.05, 0) is 37.5 Å². The Morgan fingerprint density at radius 1 is 1.36 bits per heavy atom. The van der Waals surface area contributed by atoms with Crippen LogP contribution in [-0.4, -0.2) is 34.0 Å². The van der Waals surface area contributed by atoms with E-state index in [0.29, 0.717) is 16.5 Å². The molecular weight excluding hydrogens is 278 g/mol. The number of aromatic nitrogens is 2. The third-order valence-electron chi connectivity index (χ3n) is 4.22. The van der Waals surface area contributed by atoms with Crippen molar-refractivity contribution in [1.82, 2.24) is 14.5 Å². The molecule has 0 bridgehead atoms. The molecule has 1 aromatic carbocycles. The number of hydrogen-bond acceptors (Lipinski definition) is 3. The summed E-state index contributed by atoms with van der Waals surface area (Å²) in [5, 5.41) is 0.598. The Balaban J connectivity index is 2.07. The second kappa shape index (κ2) is 5.91. The number of benzene rings is 1. The molecule has 0 radical (unpaired) electrons. The zero-order valence-corrected chi connectivity index (χ0v) is 13.1. The number of rotatable bonds is 3. The highest BCUT2D eigenvalue weighted by Gasteiger charge is 2.17. The maximum atomic E-state index is 12.5. The number of carbonyl (C=O) groups excluding carboxylic acids is 1. The lowest BCUT2D eigenvalue weighted by Gasteiger charge is -2.19. The summed E-state index contributed by atoms with van der Waals surface area (Å²) in [6.45, 7) is 3.51. The first-order valence-electron chi connectivity index (χ1n) is 7.90. The van der Waals surface area contributed by atoms with Crippen molar-refractivity contribution in [2.24, 2.45) is 0 Å². The summed E-state index contributed by atoms with van der Waals surface area (Å²) in [6.07, 6.45) is 3.84. The molecule has 1 aromatic heterocycles. The molecule has 0 aliphatic carbocycles. The number of amides is 1. The minimum atomic E-state index is -0.0247. The van der Waals surface area contributed by atoms with Crippen LogP contribution in [0.1, 0.15) is 42.4 Å². The zero-order chi connectivity index (χ0) is 15.7. The van der Waals surface area contributed by atoms with E-state index < -0.39 is 0 Å². The monoisotopic (exact) mass is 299 g/mol. The van der Waals surface area contributed by atoms with Crippen LogP contribution in [0.3, 0.4) is 0 Å². The highest BCUT2D eigenvalue weighted by atomic mass is 16.2. The molecule has 0 saturated heterocycles. The molecule has 1 amide bonds. The van der Waals surface area contributed by atoms with Crippen molar-refractivity contribution in [2.75, 3.05) is 13.6 Å². The largest absolute Gasteiger partial charge is 0.342 e. The summed E-state index contributed by atoms with van der Waals surface area (Å²) in [7, 11) is 1.80. The van der Waals surface area contributed by atoms with Crippen LogP contribution in [0.4, 0.5) is 0 Å². The Morgan fingerprint density at radius 2 is 2.18 bits per heavy atom. The molecule has 0 N–H and O–H groups in total. The van der Waals surface area contributed by atoms with Crippen molar-refractivity contribution in [3.05, 3.63) is 39.9 Å². The lowest BCUT2D eigenvalue weighted by Crippen LogP contribution is -2.29. The molecule has 116 valence electrons. The van der Waals surface area contributed by atoms with Crippen molar-refractivity contribution in [3.8, 4) is 0 Å². The number of carbonyl (C=O) groups is 1. The summed E-state index contributed by atoms with van der Waals surface area (Å²) in [6, 6.07) is 5.22. The van der Waals surface area contributed by atoms with E-state index in [-0.39, 0.29) is 11.5 Å². The van der Waals surface area contributed by atoms with E-state index in [1.807, 2.05) is 6.92 Å². The Hall–Kier alpha value is -2.17. The van der Waals surface area contributed by atoms with Gasteiger partial charge in [-0.25, -0.2) is 4.98 Å². The summed E-state index contributed by atoms with van der Waals surface area (Å²) < 4.78 is 1.77. The molecule has 0 fully saturated rings. The van der Waals surface area contributed by atoms with E-state index in [2.05, 4.69) is 4.98 Å². The van der Waals surface area contributed by atoms with Gasteiger partial charge >= 0.3 is 0 Å². The first kappa shape index (κ1) is 14.8. The predicted octanol–water partition coefficient (Wildman–Crippen LogP) is 2.21. The van der Waals surface area contributed by atoms with Gasteiger partial charge < -0.3 is 4.90 Å². The molecule has 3 rings (SSSR count). The van der Waals surface area contributed by atoms with Crippen LogP contribution in [0, 0.1) is 0 Å². The van der Waals surface area contributed by atoms with Gasteiger partial charge in [-0.2, -0.15) is 0 Å². The van der Waals surface area contributed by atoms with Crippen molar-refractivity contribution >= 4 is 16.8 Å². The summed E-state index contributed by atoms with van der Waals surface area (Å²) in [5.41, 5.74) is 1.24. The number of aryl methyl sites for hydroxylation is 1. The Morgan fingerprint density at radius 3 is 2.95 bits per heavy atom. The molecule has 2 aromatic rings. The Kier molecular flexibility index (Phi) is 3.96. The molecule has 0 saturated carbocycles. The Labute approximate surface area is 129 Å². The SMILES string of the molecule is CCCN(C)C(=O)c1ccc2c(=O)n3c(nc2c1)CCCC3. The highest BCUT2D eigenvalue weighted by Crippen LogP contribution is 2.17. The number of nitrogens with zero attached hydrogens (tertiary/aromatic N) is 3. The normalized spacial score (nSPS) is 13.9.